The number of carbonyl (C=O) groups is 1. The van der Waals surface area contributed by atoms with Gasteiger partial charge in [0.25, 0.3) is 0 Å². The van der Waals surface area contributed by atoms with Gasteiger partial charge in [0.15, 0.2) is 5.16 Å². The third-order valence-corrected chi connectivity index (χ3v) is 3.23. The van der Waals surface area contributed by atoms with Crippen molar-refractivity contribution in [1.82, 2.24) is 15.3 Å². The van der Waals surface area contributed by atoms with Gasteiger partial charge in [-0.2, -0.15) is 0 Å². The molecule has 0 aliphatic heterocycles. The summed E-state index contributed by atoms with van der Waals surface area (Å²) in [4.78, 5) is 18.0. The van der Waals surface area contributed by atoms with Crippen molar-refractivity contribution >= 4 is 17.7 Å². The van der Waals surface area contributed by atoms with Gasteiger partial charge in [0.05, 0.1) is 0 Å². The molecular formula is C9H15N3O2S. The van der Waals surface area contributed by atoms with Crippen LogP contribution in [0.2, 0.25) is 0 Å². The zero-order valence-electron chi connectivity index (χ0n) is 8.78. The number of aromatic amines is 1. The Bertz CT molecular complexity index is 315. The number of hydrogen-bond acceptors (Lipinski definition) is 4. The number of aliphatic carboxylic acids is 1. The third-order valence-electron chi connectivity index (χ3n) is 2.01. The quantitative estimate of drug-likeness (QED) is 0.633. The standard InChI is InChI=1S/C9H15N3O2S/c1-3-12-9(2,7(13)14)6-15-8-10-4-5-11-8/h4-5,12H,3,6H2,1-2H3,(H,10,11)(H,13,14). The number of likely N-dealkylation sites (N-methyl/N-ethyl adjacent to an activating group) is 1. The van der Waals surface area contributed by atoms with E-state index in [1.54, 1.807) is 19.3 Å². The van der Waals surface area contributed by atoms with E-state index in [1.165, 1.54) is 11.8 Å². The van der Waals surface area contributed by atoms with E-state index in [0.717, 1.165) is 5.16 Å². The first-order valence-electron chi connectivity index (χ1n) is 4.69. The Morgan fingerprint density at radius 3 is 3.00 bits per heavy atom. The fourth-order valence-electron chi connectivity index (χ4n) is 1.12. The van der Waals surface area contributed by atoms with E-state index in [2.05, 4.69) is 15.3 Å². The van der Waals surface area contributed by atoms with Gasteiger partial charge >= 0.3 is 5.97 Å². The molecule has 0 radical (unpaired) electrons. The summed E-state index contributed by atoms with van der Waals surface area (Å²) in [6, 6.07) is 0. The van der Waals surface area contributed by atoms with Crippen LogP contribution in [-0.2, 0) is 4.79 Å². The molecule has 84 valence electrons. The molecule has 0 amide bonds. The highest BCUT2D eigenvalue weighted by molar-refractivity contribution is 7.99. The first-order valence-corrected chi connectivity index (χ1v) is 5.67. The smallest absolute Gasteiger partial charge is 0.324 e. The highest BCUT2D eigenvalue weighted by Crippen LogP contribution is 2.19. The highest BCUT2D eigenvalue weighted by Gasteiger charge is 2.32. The minimum Gasteiger partial charge on any atom is -0.480 e. The Morgan fingerprint density at radius 2 is 2.53 bits per heavy atom. The Morgan fingerprint density at radius 1 is 1.80 bits per heavy atom. The lowest BCUT2D eigenvalue weighted by atomic mass is 10.1. The molecule has 0 aromatic carbocycles. The van der Waals surface area contributed by atoms with E-state index < -0.39 is 11.5 Å². The molecular weight excluding hydrogens is 214 g/mol. The van der Waals surface area contributed by atoms with Crippen molar-refractivity contribution in [1.29, 1.82) is 0 Å². The summed E-state index contributed by atoms with van der Waals surface area (Å²) in [6.45, 7) is 4.19. The minimum absolute atomic E-state index is 0.434. The fourth-order valence-corrected chi connectivity index (χ4v) is 2.06. The molecule has 3 N–H and O–H groups in total. The normalized spacial score (nSPS) is 14.8. The Labute approximate surface area is 92.7 Å². The van der Waals surface area contributed by atoms with Crippen molar-refractivity contribution in [3.05, 3.63) is 12.4 Å². The number of nitrogens with zero attached hydrogens (tertiary/aromatic N) is 1. The number of imidazole rings is 1. The molecule has 0 aliphatic carbocycles. The largest absolute Gasteiger partial charge is 0.480 e. The van der Waals surface area contributed by atoms with Gasteiger partial charge in [-0.05, 0) is 13.5 Å². The van der Waals surface area contributed by atoms with Crippen LogP contribution in [0.25, 0.3) is 0 Å². The van der Waals surface area contributed by atoms with Gasteiger partial charge in [-0.15, -0.1) is 0 Å². The van der Waals surface area contributed by atoms with Crippen molar-refractivity contribution in [2.75, 3.05) is 12.3 Å². The van der Waals surface area contributed by atoms with Gasteiger partial charge in [0, 0.05) is 18.1 Å². The van der Waals surface area contributed by atoms with E-state index >= 15 is 0 Å². The lowest BCUT2D eigenvalue weighted by molar-refractivity contribution is -0.143. The molecule has 1 aromatic rings. The van der Waals surface area contributed by atoms with Gasteiger partial charge in [0.1, 0.15) is 5.54 Å². The van der Waals surface area contributed by atoms with Crippen LogP contribution in [0.1, 0.15) is 13.8 Å². The molecule has 1 aromatic heterocycles. The maximum Gasteiger partial charge on any atom is 0.324 e. The van der Waals surface area contributed by atoms with Crippen molar-refractivity contribution in [2.24, 2.45) is 0 Å². The number of aromatic nitrogens is 2. The summed E-state index contributed by atoms with van der Waals surface area (Å²) in [6.07, 6.45) is 3.36. The van der Waals surface area contributed by atoms with Crippen LogP contribution in [0.4, 0.5) is 0 Å². The predicted octanol–water partition coefficient (Wildman–Crippen LogP) is 0.955. The molecule has 15 heavy (non-hydrogen) atoms. The van der Waals surface area contributed by atoms with E-state index in [4.69, 9.17) is 5.11 Å². The lowest BCUT2D eigenvalue weighted by Gasteiger charge is -2.24. The van der Waals surface area contributed by atoms with Crippen LogP contribution in [0.15, 0.2) is 17.6 Å². The maximum absolute atomic E-state index is 11.1. The number of hydrogen-bond donors (Lipinski definition) is 3. The Balaban J connectivity index is 2.56. The van der Waals surface area contributed by atoms with Gasteiger partial charge < -0.3 is 15.4 Å². The van der Waals surface area contributed by atoms with E-state index in [0.29, 0.717) is 12.3 Å². The summed E-state index contributed by atoms with van der Waals surface area (Å²) < 4.78 is 0. The molecule has 0 bridgehead atoms. The van der Waals surface area contributed by atoms with Crippen molar-refractivity contribution in [3.8, 4) is 0 Å². The number of nitrogens with one attached hydrogen (secondary N) is 2. The van der Waals surface area contributed by atoms with Crippen LogP contribution in [0, 0.1) is 0 Å². The molecule has 6 heteroatoms. The molecule has 0 saturated carbocycles. The number of carboxylic acid groups (broad SMARTS) is 1. The molecule has 1 unspecified atom stereocenters. The zero-order chi connectivity index (χ0) is 11.3. The average molecular weight is 229 g/mol. The van der Waals surface area contributed by atoms with E-state index in [-0.39, 0.29) is 0 Å². The van der Waals surface area contributed by atoms with Crippen LogP contribution in [0.3, 0.4) is 0 Å². The molecule has 0 saturated heterocycles. The SMILES string of the molecule is CCNC(C)(CSc1ncc[nH]1)C(=O)O. The summed E-state index contributed by atoms with van der Waals surface area (Å²) in [5.41, 5.74) is -0.911. The minimum atomic E-state index is -0.911. The van der Waals surface area contributed by atoms with Gasteiger partial charge in [0.2, 0.25) is 0 Å². The molecule has 1 atom stereocenters. The van der Waals surface area contributed by atoms with Crippen molar-refractivity contribution in [2.45, 2.75) is 24.5 Å². The number of carboxylic acids is 1. The first kappa shape index (κ1) is 12.1. The summed E-state index contributed by atoms with van der Waals surface area (Å²) >= 11 is 1.39. The highest BCUT2D eigenvalue weighted by atomic mass is 32.2. The fraction of sp³-hybridized carbons (Fsp3) is 0.556. The predicted molar refractivity (Wildman–Crippen MR) is 59.0 cm³/mol. The zero-order valence-corrected chi connectivity index (χ0v) is 9.60. The summed E-state index contributed by atoms with van der Waals surface area (Å²) in [5.74, 6) is -0.410. The average Bonchev–Trinajstić information content (AvgIpc) is 2.67. The van der Waals surface area contributed by atoms with E-state index in [9.17, 15) is 4.79 Å². The Hall–Kier alpha value is -1.01. The second-order valence-corrected chi connectivity index (χ2v) is 4.31. The molecule has 0 aliphatic rings. The van der Waals surface area contributed by atoms with Crippen LogP contribution < -0.4 is 5.32 Å². The topological polar surface area (TPSA) is 78.0 Å². The molecule has 0 spiro atoms. The maximum atomic E-state index is 11.1. The second-order valence-electron chi connectivity index (χ2n) is 3.35. The van der Waals surface area contributed by atoms with Crippen molar-refractivity contribution in [3.63, 3.8) is 0 Å². The third kappa shape index (κ3) is 3.24. The second kappa shape index (κ2) is 5.18. The number of rotatable bonds is 6. The van der Waals surface area contributed by atoms with E-state index in [1.807, 2.05) is 6.92 Å². The lowest BCUT2D eigenvalue weighted by Crippen LogP contribution is -2.51. The van der Waals surface area contributed by atoms with Gasteiger partial charge in [-0.3, -0.25) is 4.79 Å². The number of thioether (sulfide) groups is 1. The summed E-state index contributed by atoms with van der Waals surface area (Å²) in [5, 5.41) is 12.8. The first-order chi connectivity index (χ1) is 7.08. The molecule has 0 fully saturated rings. The van der Waals surface area contributed by atoms with Crippen LogP contribution in [0.5, 0.6) is 0 Å². The molecule has 1 heterocycles. The molecule has 1 rings (SSSR count). The van der Waals surface area contributed by atoms with Crippen LogP contribution in [-0.4, -0.2) is 38.9 Å². The van der Waals surface area contributed by atoms with Gasteiger partial charge in [-0.25, -0.2) is 4.98 Å². The summed E-state index contributed by atoms with van der Waals surface area (Å²) in [7, 11) is 0. The molecule has 5 nitrogen and oxygen atoms in total. The van der Waals surface area contributed by atoms with Gasteiger partial charge in [-0.1, -0.05) is 18.7 Å². The van der Waals surface area contributed by atoms with Crippen molar-refractivity contribution < 1.29 is 9.90 Å². The van der Waals surface area contributed by atoms with Crippen LogP contribution >= 0.6 is 11.8 Å². The monoisotopic (exact) mass is 229 g/mol. The Kier molecular flexibility index (Phi) is 4.16. The number of H-pyrrole nitrogens is 1.